The number of hydrogen-bond acceptors (Lipinski definition) is 4. The van der Waals surface area contributed by atoms with Crippen LogP contribution in [-0.4, -0.2) is 30.7 Å². The lowest BCUT2D eigenvalue weighted by Gasteiger charge is -2.54. The van der Waals surface area contributed by atoms with E-state index in [1.54, 1.807) is 25.7 Å². The Hall–Kier alpha value is -0.160. The summed E-state index contributed by atoms with van der Waals surface area (Å²) >= 11 is 0. The van der Waals surface area contributed by atoms with Gasteiger partial charge in [-0.2, -0.15) is 0 Å². The topological polar surface area (TPSA) is 45.3 Å². The SMILES string of the molecule is C1CCC(C2NC(C3CCCCC3)NC(C3CC4C5CCCC(C6CCC7CCCCC7C6)C5OC4C4CCCCC34)N2)CC1. The van der Waals surface area contributed by atoms with Gasteiger partial charge in [0.1, 0.15) is 0 Å². The zero-order valence-corrected chi connectivity index (χ0v) is 28.8. The summed E-state index contributed by atoms with van der Waals surface area (Å²) in [5, 5.41) is 13.0. The molecular weight excluding hydrogens is 550 g/mol. The van der Waals surface area contributed by atoms with Crippen LogP contribution in [0.15, 0.2) is 0 Å². The van der Waals surface area contributed by atoms with Crippen molar-refractivity contribution < 1.29 is 4.74 Å². The van der Waals surface area contributed by atoms with Crippen LogP contribution in [0.4, 0.5) is 0 Å². The first-order valence-electron chi connectivity index (χ1n) is 21.2. The van der Waals surface area contributed by atoms with E-state index in [1.807, 2.05) is 0 Å². The van der Waals surface area contributed by atoms with Gasteiger partial charge in [0.2, 0.25) is 0 Å². The van der Waals surface area contributed by atoms with Crippen LogP contribution in [0.1, 0.15) is 161 Å². The Labute approximate surface area is 276 Å². The fourth-order valence-corrected chi connectivity index (χ4v) is 14.4. The van der Waals surface area contributed by atoms with Crippen LogP contribution in [0.25, 0.3) is 0 Å². The molecule has 4 nitrogen and oxygen atoms in total. The van der Waals surface area contributed by atoms with E-state index in [2.05, 4.69) is 16.0 Å². The first-order chi connectivity index (χ1) is 22.3. The van der Waals surface area contributed by atoms with Gasteiger partial charge in [-0.15, -0.1) is 0 Å². The lowest BCUT2D eigenvalue weighted by atomic mass is 9.56. The number of fused-ring (bicyclic) bond motifs is 6. The van der Waals surface area contributed by atoms with Gasteiger partial charge in [-0.25, -0.2) is 0 Å². The summed E-state index contributed by atoms with van der Waals surface area (Å²) in [5.74, 6) is 9.77. The molecule has 2 heterocycles. The van der Waals surface area contributed by atoms with Gasteiger partial charge < -0.3 is 4.74 Å². The third-order valence-electron chi connectivity index (χ3n) is 16.5. The molecular formula is C41H69N3O. The summed E-state index contributed by atoms with van der Waals surface area (Å²) in [4.78, 5) is 0. The molecule has 9 aliphatic rings. The summed E-state index contributed by atoms with van der Waals surface area (Å²) in [6.07, 6.45) is 39.5. The predicted octanol–water partition coefficient (Wildman–Crippen LogP) is 9.14. The van der Waals surface area contributed by atoms with E-state index in [-0.39, 0.29) is 0 Å². The van der Waals surface area contributed by atoms with E-state index in [9.17, 15) is 0 Å². The van der Waals surface area contributed by atoms with Crippen molar-refractivity contribution in [3.63, 3.8) is 0 Å². The maximum atomic E-state index is 7.56. The molecule has 45 heavy (non-hydrogen) atoms. The minimum Gasteiger partial charge on any atom is -0.374 e. The molecule has 4 heteroatoms. The predicted molar refractivity (Wildman–Crippen MR) is 183 cm³/mol. The van der Waals surface area contributed by atoms with E-state index >= 15 is 0 Å². The molecule has 2 saturated heterocycles. The zero-order chi connectivity index (χ0) is 29.7. The quantitative estimate of drug-likeness (QED) is 0.294. The molecule has 0 spiro atoms. The summed E-state index contributed by atoms with van der Waals surface area (Å²) in [6, 6.07) is 0. The van der Waals surface area contributed by atoms with E-state index in [0.717, 1.165) is 65.1 Å². The third kappa shape index (κ3) is 6.03. The number of hydrogen-bond donors (Lipinski definition) is 3. The number of rotatable bonds is 4. The van der Waals surface area contributed by atoms with Crippen molar-refractivity contribution in [2.45, 2.75) is 191 Å². The van der Waals surface area contributed by atoms with Crippen LogP contribution in [0.3, 0.4) is 0 Å². The summed E-state index contributed by atoms with van der Waals surface area (Å²) < 4.78 is 7.56. The first kappa shape index (κ1) is 30.9. The average Bonchev–Trinajstić information content (AvgIpc) is 3.51. The Bertz CT molecular complexity index is 950. The van der Waals surface area contributed by atoms with Crippen molar-refractivity contribution in [1.29, 1.82) is 0 Å². The van der Waals surface area contributed by atoms with Gasteiger partial charge in [0.25, 0.3) is 0 Å². The Balaban J connectivity index is 0.958. The highest BCUT2D eigenvalue weighted by Crippen LogP contribution is 2.59. The van der Waals surface area contributed by atoms with Crippen LogP contribution in [0.5, 0.6) is 0 Å². The van der Waals surface area contributed by atoms with Crippen molar-refractivity contribution in [1.82, 2.24) is 16.0 Å². The zero-order valence-electron chi connectivity index (χ0n) is 28.8. The molecule has 0 aromatic carbocycles. The number of ether oxygens (including phenoxy) is 1. The third-order valence-corrected chi connectivity index (χ3v) is 16.5. The molecule has 7 saturated carbocycles. The molecule has 0 radical (unpaired) electrons. The maximum absolute atomic E-state index is 7.56. The van der Waals surface area contributed by atoms with Crippen molar-refractivity contribution in [2.24, 2.45) is 65.1 Å². The van der Waals surface area contributed by atoms with Gasteiger partial charge in [-0.3, -0.25) is 16.0 Å². The fourth-order valence-electron chi connectivity index (χ4n) is 14.4. The van der Waals surface area contributed by atoms with Crippen molar-refractivity contribution >= 4 is 0 Å². The van der Waals surface area contributed by atoms with Crippen molar-refractivity contribution in [3.05, 3.63) is 0 Å². The maximum Gasteiger partial charge on any atom is 0.0641 e. The van der Waals surface area contributed by atoms with Crippen molar-refractivity contribution in [3.8, 4) is 0 Å². The average molecular weight is 620 g/mol. The van der Waals surface area contributed by atoms with E-state index in [4.69, 9.17) is 4.74 Å². The summed E-state index contributed by atoms with van der Waals surface area (Å²) in [5.41, 5.74) is 0. The molecule has 13 unspecified atom stereocenters. The Kier molecular flexibility index (Phi) is 9.35. The monoisotopic (exact) mass is 620 g/mol. The Morgan fingerprint density at radius 1 is 0.289 bits per heavy atom. The van der Waals surface area contributed by atoms with Gasteiger partial charge in [-0.05, 0) is 142 Å². The van der Waals surface area contributed by atoms with Gasteiger partial charge in [0.05, 0.1) is 30.7 Å². The molecule has 13 atom stereocenters. The molecule has 2 aliphatic heterocycles. The van der Waals surface area contributed by atoms with E-state index in [0.29, 0.717) is 30.7 Å². The molecule has 9 fully saturated rings. The molecule has 0 amide bonds. The van der Waals surface area contributed by atoms with Gasteiger partial charge >= 0.3 is 0 Å². The Morgan fingerprint density at radius 3 is 1.51 bits per heavy atom. The largest absolute Gasteiger partial charge is 0.374 e. The van der Waals surface area contributed by atoms with Crippen LogP contribution < -0.4 is 16.0 Å². The smallest absolute Gasteiger partial charge is 0.0641 e. The highest BCUT2D eigenvalue weighted by molar-refractivity contribution is 5.08. The van der Waals surface area contributed by atoms with Crippen LogP contribution in [0, 0.1) is 65.1 Å². The molecule has 0 aromatic heterocycles. The minimum absolute atomic E-state index is 0.497. The second-order valence-corrected chi connectivity index (χ2v) is 18.6. The van der Waals surface area contributed by atoms with Gasteiger partial charge in [0, 0.05) is 0 Å². The molecule has 0 bridgehead atoms. The van der Waals surface area contributed by atoms with Crippen molar-refractivity contribution in [2.75, 3.05) is 0 Å². The van der Waals surface area contributed by atoms with E-state index in [1.165, 1.54) is 135 Å². The normalized spacial score (nSPS) is 51.5. The minimum atomic E-state index is 0.497. The number of nitrogens with one attached hydrogen (secondary N) is 3. The summed E-state index contributed by atoms with van der Waals surface area (Å²) in [6.45, 7) is 0. The summed E-state index contributed by atoms with van der Waals surface area (Å²) in [7, 11) is 0. The second kappa shape index (κ2) is 13.6. The lowest BCUT2D eigenvalue weighted by molar-refractivity contribution is -0.105. The van der Waals surface area contributed by atoms with E-state index < -0.39 is 0 Å². The van der Waals surface area contributed by atoms with Crippen LogP contribution in [0.2, 0.25) is 0 Å². The highest BCUT2D eigenvalue weighted by Gasteiger charge is 2.59. The highest BCUT2D eigenvalue weighted by atomic mass is 16.5. The van der Waals surface area contributed by atoms with Gasteiger partial charge in [0.15, 0.2) is 0 Å². The Morgan fingerprint density at radius 2 is 0.778 bits per heavy atom. The lowest BCUT2D eigenvalue weighted by Crippen LogP contribution is -2.73. The first-order valence-corrected chi connectivity index (χ1v) is 21.2. The molecule has 9 rings (SSSR count). The standard InChI is InChI=1S/C41H69N3O/c1-3-13-27(14-4-1)39-42-40(28-15-5-2-6-16-28)44-41(43-39)36-25-35-34-21-11-20-31(30-23-22-26-12-7-8-17-29(26)24-30)37(34)45-38(35)33-19-10-9-18-32(33)36/h26-44H,1-25H2. The molecule has 254 valence electrons. The fraction of sp³-hybridized carbons (Fsp3) is 1.00. The van der Waals surface area contributed by atoms with Crippen LogP contribution >= 0.6 is 0 Å². The molecule has 7 aliphatic carbocycles. The molecule has 0 aromatic rings. The second-order valence-electron chi connectivity index (χ2n) is 18.6. The van der Waals surface area contributed by atoms with Gasteiger partial charge in [-0.1, -0.05) is 83.5 Å². The molecule has 3 N–H and O–H groups in total. The van der Waals surface area contributed by atoms with Crippen LogP contribution in [-0.2, 0) is 4.74 Å².